The number of ether oxygens (including phenoxy) is 1. The lowest BCUT2D eigenvalue weighted by atomic mass is 10.0. The van der Waals surface area contributed by atoms with Crippen LogP contribution < -0.4 is 10.2 Å². The molecular formula is C26H25N5O2S. The van der Waals surface area contributed by atoms with Crippen LogP contribution in [0.5, 0.6) is 5.75 Å². The number of nitrogens with zero attached hydrogens (tertiary/aromatic N) is 4. The predicted molar refractivity (Wildman–Crippen MR) is 136 cm³/mol. The molecule has 0 spiro atoms. The molecule has 0 aliphatic rings. The van der Waals surface area contributed by atoms with E-state index < -0.39 is 0 Å². The van der Waals surface area contributed by atoms with Crippen molar-refractivity contribution in [2.24, 2.45) is 5.10 Å². The predicted octanol–water partition coefficient (Wildman–Crippen LogP) is 4.88. The maximum Gasteiger partial charge on any atom is 0.250 e. The van der Waals surface area contributed by atoms with E-state index in [2.05, 4.69) is 32.9 Å². The fourth-order valence-corrected chi connectivity index (χ4v) is 4.16. The molecule has 0 saturated heterocycles. The van der Waals surface area contributed by atoms with Gasteiger partial charge in [0.15, 0.2) is 11.0 Å². The first kappa shape index (κ1) is 23.3. The van der Waals surface area contributed by atoms with Gasteiger partial charge in [0, 0.05) is 12.1 Å². The summed E-state index contributed by atoms with van der Waals surface area (Å²) in [5.74, 6) is 1.51. The van der Waals surface area contributed by atoms with Gasteiger partial charge in [0.1, 0.15) is 5.75 Å². The molecular weight excluding hydrogens is 446 g/mol. The highest BCUT2D eigenvalue weighted by atomic mass is 32.2. The Morgan fingerprint density at radius 1 is 0.971 bits per heavy atom. The van der Waals surface area contributed by atoms with Crippen LogP contribution in [0.4, 0.5) is 0 Å². The van der Waals surface area contributed by atoms with Gasteiger partial charge in [0.25, 0.3) is 5.91 Å². The molecule has 1 amide bonds. The van der Waals surface area contributed by atoms with Gasteiger partial charge in [-0.05, 0) is 47.9 Å². The number of methoxy groups -OCH3 is 1. The van der Waals surface area contributed by atoms with Crippen LogP contribution in [0, 0.1) is 0 Å². The van der Waals surface area contributed by atoms with Gasteiger partial charge in [-0.2, -0.15) is 5.10 Å². The normalized spacial score (nSPS) is 11.0. The molecule has 1 heterocycles. The number of rotatable bonds is 9. The number of carbonyl (C=O) groups excluding carboxylic acids is 1. The Hall–Kier alpha value is -3.91. The van der Waals surface area contributed by atoms with Crippen LogP contribution in [0.25, 0.3) is 22.5 Å². The summed E-state index contributed by atoms with van der Waals surface area (Å²) >= 11 is 1.33. The number of hydrogen-bond donors (Lipinski definition) is 1. The highest BCUT2D eigenvalue weighted by Gasteiger charge is 2.14. The van der Waals surface area contributed by atoms with Gasteiger partial charge in [-0.25, -0.2) is 5.43 Å². The Morgan fingerprint density at radius 3 is 2.32 bits per heavy atom. The van der Waals surface area contributed by atoms with Gasteiger partial charge in [-0.15, -0.1) is 10.2 Å². The Labute approximate surface area is 202 Å². The van der Waals surface area contributed by atoms with Gasteiger partial charge in [0.05, 0.1) is 19.1 Å². The van der Waals surface area contributed by atoms with Gasteiger partial charge < -0.3 is 9.30 Å². The maximum atomic E-state index is 12.3. The SMILES string of the molecule is CCn1c(SCC(=O)NN=Cc2ccc(-c3ccccc3)cc2)nnc1-c1ccc(OC)cc1. The number of hydrazone groups is 1. The van der Waals surface area contributed by atoms with Crippen LogP contribution in [-0.2, 0) is 11.3 Å². The van der Waals surface area contributed by atoms with Gasteiger partial charge in [-0.1, -0.05) is 66.4 Å². The largest absolute Gasteiger partial charge is 0.497 e. The number of thioether (sulfide) groups is 1. The van der Waals surface area contributed by atoms with E-state index in [0.29, 0.717) is 11.7 Å². The maximum absolute atomic E-state index is 12.3. The van der Waals surface area contributed by atoms with Crippen molar-refractivity contribution in [3.63, 3.8) is 0 Å². The number of carbonyl (C=O) groups is 1. The Kier molecular flexibility index (Phi) is 7.72. The highest BCUT2D eigenvalue weighted by Crippen LogP contribution is 2.25. The Bertz CT molecular complexity index is 1250. The molecule has 34 heavy (non-hydrogen) atoms. The number of benzene rings is 3. The van der Waals surface area contributed by atoms with Crippen LogP contribution >= 0.6 is 11.8 Å². The summed E-state index contributed by atoms with van der Waals surface area (Å²) in [4.78, 5) is 12.3. The van der Waals surface area contributed by atoms with Crippen molar-refractivity contribution in [2.45, 2.75) is 18.6 Å². The second-order valence-corrected chi connectivity index (χ2v) is 8.29. The summed E-state index contributed by atoms with van der Waals surface area (Å²) < 4.78 is 7.20. The summed E-state index contributed by atoms with van der Waals surface area (Å²) in [6.07, 6.45) is 1.63. The average molecular weight is 472 g/mol. The molecule has 0 unspecified atom stereocenters. The first-order chi connectivity index (χ1) is 16.7. The van der Waals surface area contributed by atoms with Crippen LogP contribution in [0.3, 0.4) is 0 Å². The van der Waals surface area contributed by atoms with E-state index in [1.807, 2.05) is 78.2 Å². The van der Waals surface area contributed by atoms with E-state index >= 15 is 0 Å². The molecule has 0 aliphatic carbocycles. The summed E-state index contributed by atoms with van der Waals surface area (Å²) in [6.45, 7) is 2.71. The second kappa shape index (κ2) is 11.3. The zero-order chi connectivity index (χ0) is 23.8. The molecule has 0 bridgehead atoms. The molecule has 3 aromatic carbocycles. The smallest absolute Gasteiger partial charge is 0.250 e. The number of aromatic nitrogens is 3. The fourth-order valence-electron chi connectivity index (χ4n) is 3.37. The third-order valence-corrected chi connectivity index (χ3v) is 6.10. The van der Waals surface area contributed by atoms with E-state index in [9.17, 15) is 4.79 Å². The molecule has 0 radical (unpaired) electrons. The second-order valence-electron chi connectivity index (χ2n) is 7.35. The molecule has 4 aromatic rings. The van der Waals surface area contributed by atoms with Gasteiger partial charge >= 0.3 is 0 Å². The summed E-state index contributed by atoms with van der Waals surface area (Å²) in [5, 5.41) is 13.3. The van der Waals surface area contributed by atoms with E-state index in [-0.39, 0.29) is 11.7 Å². The van der Waals surface area contributed by atoms with Crippen molar-refractivity contribution in [1.29, 1.82) is 0 Å². The van der Waals surface area contributed by atoms with Crippen molar-refractivity contribution >= 4 is 23.9 Å². The van der Waals surface area contributed by atoms with Crippen molar-refractivity contribution in [2.75, 3.05) is 12.9 Å². The van der Waals surface area contributed by atoms with Crippen LogP contribution in [0.1, 0.15) is 12.5 Å². The van der Waals surface area contributed by atoms with E-state index in [0.717, 1.165) is 33.8 Å². The van der Waals surface area contributed by atoms with Gasteiger partial charge in [-0.3, -0.25) is 4.79 Å². The summed E-state index contributed by atoms with van der Waals surface area (Å²) in [6, 6.07) is 25.8. The molecule has 0 atom stereocenters. The molecule has 172 valence electrons. The quantitative estimate of drug-likeness (QED) is 0.214. The Balaban J connectivity index is 1.31. The first-order valence-electron chi connectivity index (χ1n) is 10.9. The standard InChI is InChI=1S/C26H25N5O2S/c1-3-31-25(22-13-15-23(33-2)16-14-22)29-30-26(31)34-18-24(32)28-27-17-19-9-11-21(12-10-19)20-7-5-4-6-8-20/h4-17H,3,18H2,1-2H3,(H,28,32). The third kappa shape index (κ3) is 5.71. The minimum Gasteiger partial charge on any atom is -0.497 e. The lowest BCUT2D eigenvalue weighted by Crippen LogP contribution is -2.20. The molecule has 0 fully saturated rings. The molecule has 0 aliphatic heterocycles. The molecule has 7 nitrogen and oxygen atoms in total. The van der Waals surface area contributed by atoms with Crippen molar-refractivity contribution in [3.8, 4) is 28.3 Å². The number of amides is 1. The minimum absolute atomic E-state index is 0.186. The lowest BCUT2D eigenvalue weighted by Gasteiger charge is -2.07. The monoisotopic (exact) mass is 471 g/mol. The fraction of sp³-hybridized carbons (Fsp3) is 0.154. The lowest BCUT2D eigenvalue weighted by molar-refractivity contribution is -0.118. The molecule has 0 saturated carbocycles. The van der Waals surface area contributed by atoms with E-state index in [1.54, 1.807) is 13.3 Å². The van der Waals surface area contributed by atoms with Gasteiger partial charge in [0.2, 0.25) is 0 Å². The summed E-state index contributed by atoms with van der Waals surface area (Å²) in [5.41, 5.74) is 6.71. The van der Waals surface area contributed by atoms with Crippen LogP contribution in [0.15, 0.2) is 89.1 Å². The molecule has 1 aromatic heterocycles. The van der Waals surface area contributed by atoms with Crippen molar-refractivity contribution in [1.82, 2.24) is 20.2 Å². The van der Waals surface area contributed by atoms with Crippen LogP contribution in [0.2, 0.25) is 0 Å². The first-order valence-corrected chi connectivity index (χ1v) is 11.8. The minimum atomic E-state index is -0.209. The molecule has 1 N–H and O–H groups in total. The third-order valence-electron chi connectivity index (χ3n) is 5.13. The topological polar surface area (TPSA) is 81.4 Å². The number of hydrogen-bond acceptors (Lipinski definition) is 6. The van der Waals surface area contributed by atoms with Crippen LogP contribution in [-0.4, -0.2) is 39.7 Å². The van der Waals surface area contributed by atoms with Crippen molar-refractivity contribution < 1.29 is 9.53 Å². The molecule has 8 heteroatoms. The average Bonchev–Trinajstić information content (AvgIpc) is 3.31. The van der Waals surface area contributed by atoms with E-state index in [1.165, 1.54) is 11.8 Å². The molecule has 4 rings (SSSR count). The summed E-state index contributed by atoms with van der Waals surface area (Å²) in [7, 11) is 1.63. The zero-order valence-electron chi connectivity index (χ0n) is 19.0. The van der Waals surface area contributed by atoms with E-state index in [4.69, 9.17) is 4.74 Å². The zero-order valence-corrected chi connectivity index (χ0v) is 19.8. The Morgan fingerprint density at radius 2 is 1.65 bits per heavy atom. The highest BCUT2D eigenvalue weighted by molar-refractivity contribution is 7.99. The van der Waals surface area contributed by atoms with Crippen molar-refractivity contribution in [3.05, 3.63) is 84.4 Å². The number of nitrogens with one attached hydrogen (secondary N) is 1.